The number of ether oxygens (including phenoxy) is 2. The van der Waals surface area contributed by atoms with Crippen LogP contribution in [0, 0.1) is 13.8 Å². The lowest BCUT2D eigenvalue weighted by Gasteiger charge is -2.18. The third kappa shape index (κ3) is 5.46. The molecule has 0 spiro atoms. The molecule has 1 atom stereocenters. The highest BCUT2D eigenvalue weighted by Crippen LogP contribution is 2.21. The van der Waals surface area contributed by atoms with E-state index >= 15 is 0 Å². The van der Waals surface area contributed by atoms with Gasteiger partial charge in [-0.15, -0.1) is 0 Å². The van der Waals surface area contributed by atoms with Crippen LogP contribution < -0.4 is 9.47 Å². The summed E-state index contributed by atoms with van der Waals surface area (Å²) in [5, 5.41) is 0. The summed E-state index contributed by atoms with van der Waals surface area (Å²) >= 11 is 0. The van der Waals surface area contributed by atoms with Crippen LogP contribution in [0.4, 0.5) is 5.69 Å². The van der Waals surface area contributed by atoms with Crippen molar-refractivity contribution in [1.82, 2.24) is 0 Å². The van der Waals surface area contributed by atoms with Gasteiger partial charge < -0.3 is 9.47 Å². The molecule has 1 unspecified atom stereocenters. The van der Waals surface area contributed by atoms with Crippen LogP contribution in [0.3, 0.4) is 0 Å². The van der Waals surface area contributed by atoms with Crippen molar-refractivity contribution >= 4 is 11.6 Å². The van der Waals surface area contributed by atoms with Gasteiger partial charge in [0.25, 0.3) is 0 Å². The molecule has 3 heteroatoms. The quantitative estimate of drug-likeness (QED) is 0.367. The summed E-state index contributed by atoms with van der Waals surface area (Å²) in [5.41, 5.74) is 4.41. The van der Waals surface area contributed by atoms with Crippen LogP contribution >= 0.6 is 0 Å². The Labute approximate surface area is 167 Å². The smallest absolute Gasteiger partial charge is 0.236 e. The molecular formula is C25H27NO2. The van der Waals surface area contributed by atoms with Crippen LogP contribution in [0.2, 0.25) is 0 Å². The third-order valence-corrected chi connectivity index (χ3v) is 4.45. The second-order valence-corrected chi connectivity index (χ2v) is 6.97. The van der Waals surface area contributed by atoms with Crippen molar-refractivity contribution in [2.75, 3.05) is 0 Å². The molecule has 0 bridgehead atoms. The van der Waals surface area contributed by atoms with Gasteiger partial charge in [0.1, 0.15) is 11.5 Å². The fraction of sp³-hybridized carbons (Fsp3) is 0.240. The van der Waals surface area contributed by atoms with E-state index in [1.165, 1.54) is 11.1 Å². The van der Waals surface area contributed by atoms with E-state index in [0.29, 0.717) is 5.90 Å². The van der Waals surface area contributed by atoms with Crippen LogP contribution in [-0.2, 0) is 6.42 Å². The highest BCUT2D eigenvalue weighted by Gasteiger charge is 2.16. The molecular weight excluding hydrogens is 346 g/mol. The van der Waals surface area contributed by atoms with Crippen molar-refractivity contribution in [1.29, 1.82) is 0 Å². The van der Waals surface area contributed by atoms with E-state index in [1.54, 1.807) is 0 Å². The molecule has 0 saturated carbocycles. The minimum absolute atomic E-state index is 0.339. The highest BCUT2D eigenvalue weighted by atomic mass is 16.5. The van der Waals surface area contributed by atoms with E-state index in [1.807, 2.05) is 80.6 Å². The zero-order valence-electron chi connectivity index (χ0n) is 17.0. The first-order valence-corrected chi connectivity index (χ1v) is 9.69. The van der Waals surface area contributed by atoms with Crippen molar-refractivity contribution < 1.29 is 9.47 Å². The van der Waals surface area contributed by atoms with Crippen LogP contribution in [0.15, 0.2) is 77.8 Å². The lowest BCUT2D eigenvalue weighted by atomic mass is 10.2. The molecule has 0 radical (unpaired) electrons. The van der Waals surface area contributed by atoms with Crippen LogP contribution in [0.25, 0.3) is 0 Å². The Morgan fingerprint density at radius 3 is 2.29 bits per heavy atom. The van der Waals surface area contributed by atoms with E-state index in [0.717, 1.165) is 29.2 Å². The molecule has 0 heterocycles. The lowest BCUT2D eigenvalue weighted by Crippen LogP contribution is -2.28. The highest BCUT2D eigenvalue weighted by molar-refractivity contribution is 5.85. The van der Waals surface area contributed by atoms with Gasteiger partial charge in [-0.25, -0.2) is 4.99 Å². The predicted octanol–water partition coefficient (Wildman–Crippen LogP) is 6.44. The minimum atomic E-state index is -0.339. The van der Waals surface area contributed by atoms with E-state index in [4.69, 9.17) is 14.5 Å². The first-order chi connectivity index (χ1) is 13.5. The van der Waals surface area contributed by atoms with Crippen molar-refractivity contribution in [3.05, 3.63) is 89.5 Å². The molecule has 28 heavy (non-hydrogen) atoms. The van der Waals surface area contributed by atoms with Gasteiger partial charge in [0, 0.05) is 0 Å². The first-order valence-electron chi connectivity index (χ1n) is 9.69. The number of hydrogen-bond donors (Lipinski definition) is 0. The summed E-state index contributed by atoms with van der Waals surface area (Å²) in [6.07, 6.45) is 0.616. The van der Waals surface area contributed by atoms with Crippen LogP contribution in [-0.4, -0.2) is 12.0 Å². The average molecular weight is 373 g/mol. The summed E-state index contributed by atoms with van der Waals surface area (Å²) < 4.78 is 12.3. The molecule has 3 rings (SSSR count). The van der Waals surface area contributed by atoms with Crippen LogP contribution in [0.1, 0.15) is 30.5 Å². The van der Waals surface area contributed by atoms with Crippen LogP contribution in [0.5, 0.6) is 11.5 Å². The largest absolute Gasteiger partial charge is 0.481 e. The normalized spacial score (nSPS) is 12.5. The molecule has 3 nitrogen and oxygen atoms in total. The Morgan fingerprint density at radius 1 is 0.857 bits per heavy atom. The monoisotopic (exact) mass is 373 g/mol. The summed E-state index contributed by atoms with van der Waals surface area (Å²) in [7, 11) is 0. The zero-order valence-corrected chi connectivity index (χ0v) is 17.0. The minimum Gasteiger partial charge on any atom is -0.481 e. The van der Waals surface area contributed by atoms with E-state index in [-0.39, 0.29) is 6.10 Å². The molecule has 0 aliphatic heterocycles. The fourth-order valence-corrected chi connectivity index (χ4v) is 2.84. The van der Waals surface area contributed by atoms with Crippen molar-refractivity contribution in [2.45, 2.75) is 40.2 Å². The van der Waals surface area contributed by atoms with Crippen molar-refractivity contribution in [3.8, 4) is 11.5 Å². The number of hydrogen-bond acceptors (Lipinski definition) is 3. The molecule has 3 aromatic rings. The molecule has 0 amide bonds. The summed E-state index contributed by atoms with van der Waals surface area (Å²) in [6.45, 7) is 8.19. The predicted molar refractivity (Wildman–Crippen MR) is 116 cm³/mol. The SMILES string of the molecule is CCc1cccc(OC(=Nc2ccc(C)cc2)C(C)Oc2cccc(C)c2)c1. The van der Waals surface area contributed by atoms with Gasteiger partial charge in [0.15, 0.2) is 6.10 Å². The Bertz CT molecular complexity index is 945. The number of rotatable bonds is 6. The van der Waals surface area contributed by atoms with Gasteiger partial charge in [0.2, 0.25) is 5.90 Å². The molecule has 3 aromatic carbocycles. The summed E-state index contributed by atoms with van der Waals surface area (Å²) in [6, 6.07) is 24.1. The average Bonchev–Trinajstić information content (AvgIpc) is 2.69. The second kappa shape index (κ2) is 9.23. The Balaban J connectivity index is 1.89. The number of nitrogens with zero attached hydrogens (tertiary/aromatic N) is 1. The topological polar surface area (TPSA) is 30.8 Å². The Hall–Kier alpha value is -3.07. The van der Waals surface area contributed by atoms with Gasteiger partial charge in [0.05, 0.1) is 5.69 Å². The van der Waals surface area contributed by atoms with Gasteiger partial charge >= 0.3 is 0 Å². The second-order valence-electron chi connectivity index (χ2n) is 6.97. The van der Waals surface area contributed by atoms with E-state index in [9.17, 15) is 0 Å². The third-order valence-electron chi connectivity index (χ3n) is 4.45. The molecule has 0 fully saturated rings. The molecule has 0 aliphatic rings. The number of benzene rings is 3. The van der Waals surface area contributed by atoms with Gasteiger partial charge in [-0.05, 0) is 74.7 Å². The zero-order chi connectivity index (χ0) is 19.9. The maximum Gasteiger partial charge on any atom is 0.236 e. The van der Waals surface area contributed by atoms with Gasteiger partial charge in [-0.3, -0.25) is 0 Å². The summed E-state index contributed by atoms with van der Waals surface area (Å²) in [5.74, 6) is 2.10. The van der Waals surface area contributed by atoms with E-state index in [2.05, 4.69) is 19.9 Å². The molecule has 0 saturated heterocycles. The number of aryl methyl sites for hydroxylation is 3. The van der Waals surface area contributed by atoms with Crippen molar-refractivity contribution in [2.24, 2.45) is 4.99 Å². The first kappa shape index (κ1) is 19.7. The van der Waals surface area contributed by atoms with Gasteiger partial charge in [-0.1, -0.05) is 48.9 Å². The Kier molecular flexibility index (Phi) is 6.49. The standard InChI is InChI=1S/C25H27NO2/c1-5-21-9-7-11-24(17-21)28-25(26-22-14-12-18(2)13-15-22)20(4)27-23-10-6-8-19(3)16-23/h6-17,20H,5H2,1-4H3. The van der Waals surface area contributed by atoms with E-state index < -0.39 is 0 Å². The van der Waals surface area contributed by atoms with Gasteiger partial charge in [-0.2, -0.15) is 0 Å². The fourth-order valence-electron chi connectivity index (χ4n) is 2.84. The molecule has 144 valence electrons. The maximum atomic E-state index is 6.18. The molecule has 0 aliphatic carbocycles. The summed E-state index contributed by atoms with van der Waals surface area (Å²) in [4.78, 5) is 4.74. The lowest BCUT2D eigenvalue weighted by molar-refractivity contribution is 0.262. The maximum absolute atomic E-state index is 6.18. The Morgan fingerprint density at radius 2 is 1.57 bits per heavy atom. The number of aliphatic imine (C=N–C) groups is 1. The van der Waals surface area contributed by atoms with Crippen molar-refractivity contribution in [3.63, 3.8) is 0 Å². The molecule has 0 aromatic heterocycles. The molecule has 0 N–H and O–H groups in total.